The molecule has 0 radical (unpaired) electrons. The normalized spacial score (nSPS) is 10.2. The maximum absolute atomic E-state index is 5.82. The van der Waals surface area contributed by atoms with Crippen molar-refractivity contribution < 1.29 is 4.74 Å². The summed E-state index contributed by atoms with van der Waals surface area (Å²) in [5, 5.41) is 0. The van der Waals surface area contributed by atoms with E-state index >= 15 is 0 Å². The summed E-state index contributed by atoms with van der Waals surface area (Å²) in [4.78, 5) is 5.23. The van der Waals surface area contributed by atoms with Gasteiger partial charge in [-0.25, -0.2) is 0 Å². The van der Waals surface area contributed by atoms with Gasteiger partial charge in [-0.2, -0.15) is 0 Å². The summed E-state index contributed by atoms with van der Waals surface area (Å²) in [6.45, 7) is 0. The molecule has 0 fully saturated rings. The zero-order chi connectivity index (χ0) is 12.1. The van der Waals surface area contributed by atoms with Crippen molar-refractivity contribution in [3.63, 3.8) is 0 Å². The van der Waals surface area contributed by atoms with Gasteiger partial charge in [-0.05, 0) is 36.6 Å². The van der Waals surface area contributed by atoms with E-state index in [-0.39, 0.29) is 0 Å². The molecular weight excluding hydrogens is 254 g/mol. The Balaban J connectivity index is 2.19. The van der Waals surface area contributed by atoms with Crippen LogP contribution in [0, 0.1) is 0 Å². The second-order valence-electron chi connectivity index (χ2n) is 3.39. The number of pyridine rings is 1. The molecule has 0 unspecified atom stereocenters. The Morgan fingerprint density at radius 1 is 1.24 bits per heavy atom. The van der Waals surface area contributed by atoms with Gasteiger partial charge in [0.05, 0.1) is 5.88 Å². The Bertz CT molecular complexity index is 487. The van der Waals surface area contributed by atoms with Crippen LogP contribution in [0.2, 0.25) is 0 Å². The molecule has 2 rings (SSSR count). The Morgan fingerprint density at radius 2 is 2.00 bits per heavy atom. The van der Waals surface area contributed by atoms with E-state index in [0.29, 0.717) is 5.88 Å². The molecule has 0 aliphatic rings. The van der Waals surface area contributed by atoms with E-state index in [1.165, 1.54) is 4.90 Å². The maximum atomic E-state index is 5.82. The Morgan fingerprint density at radius 3 is 2.65 bits per heavy atom. The van der Waals surface area contributed by atoms with E-state index in [1.54, 1.807) is 24.2 Å². The Labute approximate surface area is 110 Å². The number of nitrogens with zero attached hydrogens (tertiary/aromatic N) is 1. The number of benzene rings is 1. The number of ether oxygens (including phenoxy) is 1. The van der Waals surface area contributed by atoms with Crippen LogP contribution in [0.3, 0.4) is 0 Å². The molecule has 17 heavy (non-hydrogen) atoms. The van der Waals surface area contributed by atoms with E-state index in [1.807, 2.05) is 36.6 Å². The van der Waals surface area contributed by atoms with Gasteiger partial charge in [-0.3, -0.25) is 4.98 Å². The molecule has 0 aliphatic heterocycles. The van der Waals surface area contributed by atoms with Gasteiger partial charge >= 0.3 is 0 Å². The first-order valence-corrected chi connectivity index (χ1v) is 6.90. The van der Waals surface area contributed by atoms with Crippen molar-refractivity contribution in [2.45, 2.75) is 10.8 Å². The third kappa shape index (κ3) is 3.14. The van der Waals surface area contributed by atoms with Gasteiger partial charge in [0, 0.05) is 22.9 Å². The van der Waals surface area contributed by atoms with Crippen molar-refractivity contribution in [1.29, 1.82) is 0 Å². The molecule has 4 heteroatoms. The fourth-order valence-electron chi connectivity index (χ4n) is 1.39. The summed E-state index contributed by atoms with van der Waals surface area (Å²) >= 11 is 7.53. The van der Waals surface area contributed by atoms with Crippen LogP contribution in [0.4, 0.5) is 0 Å². The summed E-state index contributed by atoms with van der Waals surface area (Å²) in [5.41, 5.74) is 0.892. The molecule has 1 heterocycles. The molecule has 0 saturated heterocycles. The van der Waals surface area contributed by atoms with Crippen molar-refractivity contribution in [1.82, 2.24) is 4.98 Å². The van der Waals surface area contributed by atoms with Gasteiger partial charge in [0.25, 0.3) is 0 Å². The number of aromatic nitrogens is 1. The molecule has 2 nitrogen and oxygen atoms in total. The lowest BCUT2D eigenvalue weighted by molar-refractivity contribution is 0.477. The average Bonchev–Trinajstić information content (AvgIpc) is 2.40. The average molecular weight is 266 g/mol. The van der Waals surface area contributed by atoms with E-state index in [4.69, 9.17) is 16.3 Å². The Kier molecular flexibility index (Phi) is 4.29. The van der Waals surface area contributed by atoms with Gasteiger partial charge in [0.1, 0.15) is 11.5 Å². The van der Waals surface area contributed by atoms with Gasteiger partial charge in [-0.15, -0.1) is 23.4 Å². The maximum Gasteiger partial charge on any atom is 0.134 e. The van der Waals surface area contributed by atoms with Crippen molar-refractivity contribution in [2.75, 3.05) is 6.26 Å². The first-order valence-electron chi connectivity index (χ1n) is 5.14. The molecule has 0 amide bonds. The molecule has 1 aromatic heterocycles. The van der Waals surface area contributed by atoms with Gasteiger partial charge in [0.15, 0.2) is 0 Å². The highest BCUT2D eigenvalue weighted by atomic mass is 35.5. The van der Waals surface area contributed by atoms with Gasteiger partial charge in [-0.1, -0.05) is 0 Å². The van der Waals surface area contributed by atoms with Crippen molar-refractivity contribution >= 4 is 23.4 Å². The predicted octanol–water partition coefficient (Wildman–Crippen LogP) is 4.33. The Hall–Kier alpha value is -1.19. The summed E-state index contributed by atoms with van der Waals surface area (Å²) < 4.78 is 5.77. The topological polar surface area (TPSA) is 22.1 Å². The van der Waals surface area contributed by atoms with E-state index in [2.05, 4.69) is 4.98 Å². The molecule has 0 bridgehead atoms. The van der Waals surface area contributed by atoms with E-state index in [0.717, 1.165) is 17.1 Å². The summed E-state index contributed by atoms with van der Waals surface area (Å²) in [6, 6.07) is 9.78. The van der Waals surface area contributed by atoms with Gasteiger partial charge < -0.3 is 4.74 Å². The minimum Gasteiger partial charge on any atom is -0.457 e. The van der Waals surface area contributed by atoms with Crippen LogP contribution in [-0.4, -0.2) is 11.2 Å². The molecule has 0 N–H and O–H groups in total. The minimum atomic E-state index is 0.395. The molecule has 1 aromatic carbocycles. The smallest absolute Gasteiger partial charge is 0.134 e. The predicted molar refractivity (Wildman–Crippen MR) is 72.1 cm³/mol. The molecule has 0 spiro atoms. The molecule has 0 saturated carbocycles. The minimum absolute atomic E-state index is 0.395. The fraction of sp³-hybridized carbons (Fsp3) is 0.154. The monoisotopic (exact) mass is 265 g/mol. The zero-order valence-electron chi connectivity index (χ0n) is 9.39. The molecule has 88 valence electrons. The van der Waals surface area contributed by atoms with Crippen LogP contribution < -0.4 is 4.74 Å². The number of halogens is 1. The standard InChI is InChI=1S/C13H12ClNOS/c1-17-12-4-2-11(3-5-12)16-13-6-7-15-9-10(13)8-14/h2-7,9H,8H2,1H3. The van der Waals surface area contributed by atoms with Crippen molar-refractivity contribution in [3.8, 4) is 11.5 Å². The molecule has 2 aromatic rings. The van der Waals surface area contributed by atoms with Crippen molar-refractivity contribution in [2.24, 2.45) is 0 Å². The number of hydrogen-bond acceptors (Lipinski definition) is 3. The highest BCUT2D eigenvalue weighted by Crippen LogP contribution is 2.27. The number of thioether (sulfide) groups is 1. The summed E-state index contributed by atoms with van der Waals surface area (Å²) in [7, 11) is 0. The second-order valence-corrected chi connectivity index (χ2v) is 4.54. The SMILES string of the molecule is CSc1ccc(Oc2ccncc2CCl)cc1. The first kappa shape index (κ1) is 12.3. The molecule has 0 atom stereocenters. The van der Waals surface area contributed by atoms with Crippen LogP contribution in [0.5, 0.6) is 11.5 Å². The third-order valence-corrected chi connectivity index (χ3v) is 3.32. The lowest BCUT2D eigenvalue weighted by Gasteiger charge is -2.09. The van der Waals surface area contributed by atoms with Crippen LogP contribution in [0.1, 0.15) is 5.56 Å². The number of hydrogen-bond donors (Lipinski definition) is 0. The van der Waals surface area contributed by atoms with E-state index in [9.17, 15) is 0 Å². The fourth-order valence-corrected chi connectivity index (χ4v) is 1.99. The lowest BCUT2D eigenvalue weighted by Crippen LogP contribution is -1.90. The quantitative estimate of drug-likeness (QED) is 0.607. The number of rotatable bonds is 4. The van der Waals surface area contributed by atoms with Gasteiger partial charge in [0.2, 0.25) is 0 Å². The second kappa shape index (κ2) is 5.94. The van der Waals surface area contributed by atoms with Crippen LogP contribution in [-0.2, 0) is 5.88 Å². The summed E-state index contributed by atoms with van der Waals surface area (Å²) in [6.07, 6.45) is 5.46. The van der Waals surface area contributed by atoms with Crippen LogP contribution in [0.25, 0.3) is 0 Å². The van der Waals surface area contributed by atoms with Crippen LogP contribution in [0.15, 0.2) is 47.6 Å². The van der Waals surface area contributed by atoms with Crippen LogP contribution >= 0.6 is 23.4 Å². The highest BCUT2D eigenvalue weighted by Gasteiger charge is 2.03. The third-order valence-electron chi connectivity index (χ3n) is 2.29. The largest absolute Gasteiger partial charge is 0.457 e. The molecular formula is C13H12ClNOS. The zero-order valence-corrected chi connectivity index (χ0v) is 11.0. The molecule has 0 aliphatic carbocycles. The lowest BCUT2D eigenvalue weighted by atomic mass is 10.3. The first-order chi connectivity index (χ1) is 8.33. The van der Waals surface area contributed by atoms with Crippen molar-refractivity contribution in [3.05, 3.63) is 48.3 Å². The number of alkyl halides is 1. The van der Waals surface area contributed by atoms with E-state index < -0.39 is 0 Å². The highest BCUT2D eigenvalue weighted by molar-refractivity contribution is 7.98. The summed E-state index contributed by atoms with van der Waals surface area (Å²) in [5.74, 6) is 1.96.